The number of piperazine rings is 2. The highest BCUT2D eigenvalue weighted by Gasteiger charge is 2.35. The molecule has 0 saturated carbocycles. The summed E-state index contributed by atoms with van der Waals surface area (Å²) in [4.78, 5) is 28.7. The molecule has 2 heterocycles. The van der Waals surface area contributed by atoms with Crippen molar-refractivity contribution in [2.45, 2.75) is 24.8 Å². The molecule has 2 fully saturated rings. The van der Waals surface area contributed by atoms with Gasteiger partial charge in [-0.3, -0.25) is 14.5 Å². The lowest BCUT2D eigenvalue weighted by atomic mass is 9.99. The molecule has 1 unspecified atom stereocenters. The summed E-state index contributed by atoms with van der Waals surface area (Å²) in [6, 6.07) is 5.76. The van der Waals surface area contributed by atoms with E-state index in [0.29, 0.717) is 31.2 Å². The lowest BCUT2D eigenvalue weighted by Gasteiger charge is -2.39. The van der Waals surface area contributed by atoms with Gasteiger partial charge < -0.3 is 10.2 Å². The van der Waals surface area contributed by atoms with E-state index in [-0.39, 0.29) is 48.3 Å². The monoisotopic (exact) mass is 442 g/mol. The van der Waals surface area contributed by atoms with Crippen LogP contribution in [0.2, 0.25) is 5.02 Å². The van der Waals surface area contributed by atoms with Gasteiger partial charge in [-0.1, -0.05) is 25.4 Å². The third kappa shape index (κ3) is 4.91. The average Bonchev–Trinajstić information content (AvgIpc) is 2.68. The molecule has 2 aliphatic rings. The third-order valence-corrected chi connectivity index (χ3v) is 7.54. The molecule has 8 nitrogen and oxygen atoms in total. The molecule has 2 aliphatic heterocycles. The van der Waals surface area contributed by atoms with E-state index in [4.69, 9.17) is 11.6 Å². The molecule has 0 radical (unpaired) electrons. The summed E-state index contributed by atoms with van der Waals surface area (Å²) < 4.78 is 26.9. The fourth-order valence-electron chi connectivity index (χ4n) is 3.84. The van der Waals surface area contributed by atoms with Gasteiger partial charge in [0.25, 0.3) is 0 Å². The highest BCUT2D eigenvalue weighted by atomic mass is 35.5. The number of sulfonamides is 1. The van der Waals surface area contributed by atoms with Crippen LogP contribution in [0.4, 0.5) is 0 Å². The van der Waals surface area contributed by atoms with Crippen molar-refractivity contribution in [1.29, 1.82) is 0 Å². The number of hydrogen-bond donors (Lipinski definition) is 1. The molecular weight excluding hydrogens is 416 g/mol. The molecule has 2 saturated heterocycles. The minimum atomic E-state index is -3.61. The fourth-order valence-corrected chi connectivity index (χ4v) is 5.39. The molecule has 3 rings (SSSR count). The Morgan fingerprint density at radius 1 is 1.14 bits per heavy atom. The van der Waals surface area contributed by atoms with Crippen LogP contribution in [0.25, 0.3) is 0 Å². The van der Waals surface area contributed by atoms with Crippen LogP contribution in [0.5, 0.6) is 0 Å². The van der Waals surface area contributed by atoms with Gasteiger partial charge in [-0.25, -0.2) is 8.42 Å². The predicted molar refractivity (Wildman–Crippen MR) is 110 cm³/mol. The Morgan fingerprint density at radius 3 is 2.34 bits per heavy atom. The average molecular weight is 443 g/mol. The molecule has 0 aliphatic carbocycles. The van der Waals surface area contributed by atoms with Gasteiger partial charge >= 0.3 is 0 Å². The number of benzene rings is 1. The van der Waals surface area contributed by atoms with Gasteiger partial charge in [0, 0.05) is 44.3 Å². The molecule has 1 aromatic carbocycles. The second kappa shape index (κ2) is 8.99. The van der Waals surface area contributed by atoms with Gasteiger partial charge in [0.2, 0.25) is 21.8 Å². The van der Waals surface area contributed by atoms with E-state index in [1.54, 1.807) is 17.0 Å². The van der Waals surface area contributed by atoms with Crippen LogP contribution in [0.3, 0.4) is 0 Å². The van der Waals surface area contributed by atoms with Crippen molar-refractivity contribution in [1.82, 2.24) is 19.4 Å². The Labute approximate surface area is 176 Å². The molecule has 29 heavy (non-hydrogen) atoms. The second-order valence-electron chi connectivity index (χ2n) is 7.69. The van der Waals surface area contributed by atoms with Crippen LogP contribution in [0.1, 0.15) is 13.8 Å². The van der Waals surface area contributed by atoms with E-state index in [1.165, 1.54) is 16.4 Å². The molecule has 1 aromatic rings. The largest absolute Gasteiger partial charge is 0.353 e. The van der Waals surface area contributed by atoms with Crippen LogP contribution in [-0.4, -0.2) is 86.2 Å². The third-order valence-electron chi connectivity index (χ3n) is 5.37. The standard InChI is InChI=1S/C19H27ClN4O4S/c1-14(2)18-19(26)21-7-8-23(18)13-17(25)22-9-11-24(12-10-22)29(27,28)16-5-3-15(20)4-6-16/h3-6,14,18H,7-13H2,1-2H3,(H,21,26). The molecule has 2 amide bonds. The maximum absolute atomic E-state index is 12.8. The van der Waals surface area contributed by atoms with E-state index >= 15 is 0 Å². The summed E-state index contributed by atoms with van der Waals surface area (Å²) in [6.07, 6.45) is 0. The number of nitrogens with zero attached hydrogens (tertiary/aromatic N) is 3. The first kappa shape index (κ1) is 22.0. The molecule has 1 N–H and O–H groups in total. The molecule has 0 spiro atoms. The van der Waals surface area contributed by atoms with Crippen LogP contribution in [0, 0.1) is 5.92 Å². The fraction of sp³-hybridized carbons (Fsp3) is 0.579. The summed E-state index contributed by atoms with van der Waals surface area (Å²) >= 11 is 5.84. The van der Waals surface area contributed by atoms with Crippen molar-refractivity contribution in [2.24, 2.45) is 5.92 Å². The van der Waals surface area contributed by atoms with E-state index in [9.17, 15) is 18.0 Å². The molecule has 0 aromatic heterocycles. The summed E-state index contributed by atoms with van der Waals surface area (Å²) in [7, 11) is -3.61. The number of halogens is 1. The number of nitrogens with one attached hydrogen (secondary N) is 1. The Hall–Kier alpha value is -1.68. The van der Waals surface area contributed by atoms with Crippen molar-refractivity contribution in [2.75, 3.05) is 45.8 Å². The topological polar surface area (TPSA) is 90.0 Å². The van der Waals surface area contributed by atoms with E-state index < -0.39 is 10.0 Å². The maximum atomic E-state index is 12.8. The number of carbonyl (C=O) groups is 2. The lowest BCUT2D eigenvalue weighted by Crippen LogP contribution is -2.60. The first-order chi connectivity index (χ1) is 13.7. The molecule has 0 bridgehead atoms. The van der Waals surface area contributed by atoms with Gasteiger partial charge in [-0.15, -0.1) is 0 Å². The normalized spacial score (nSPS) is 22.0. The summed E-state index contributed by atoms with van der Waals surface area (Å²) in [5, 5.41) is 3.33. The van der Waals surface area contributed by atoms with Crippen LogP contribution >= 0.6 is 11.6 Å². The smallest absolute Gasteiger partial charge is 0.243 e. The predicted octanol–water partition coefficient (Wildman–Crippen LogP) is 0.629. The molecule has 10 heteroatoms. The Morgan fingerprint density at radius 2 is 1.76 bits per heavy atom. The first-order valence-electron chi connectivity index (χ1n) is 9.75. The van der Waals surface area contributed by atoms with Gasteiger partial charge in [0.1, 0.15) is 0 Å². The van der Waals surface area contributed by atoms with Crippen LogP contribution in [-0.2, 0) is 19.6 Å². The first-order valence-corrected chi connectivity index (χ1v) is 11.6. The highest BCUT2D eigenvalue weighted by Crippen LogP contribution is 2.20. The molecule has 1 atom stereocenters. The Bertz CT molecular complexity index is 851. The summed E-state index contributed by atoms with van der Waals surface area (Å²) in [5.74, 6) is -0.0173. The van der Waals surface area contributed by atoms with Crippen molar-refractivity contribution >= 4 is 33.4 Å². The quantitative estimate of drug-likeness (QED) is 0.722. The number of carbonyl (C=O) groups excluding carboxylic acids is 2. The van der Waals surface area contributed by atoms with E-state index in [0.717, 1.165) is 0 Å². The molecule has 160 valence electrons. The van der Waals surface area contributed by atoms with Crippen LogP contribution in [0.15, 0.2) is 29.2 Å². The SMILES string of the molecule is CC(C)C1C(=O)NCCN1CC(=O)N1CCN(S(=O)(=O)c2ccc(Cl)cc2)CC1. The zero-order valence-electron chi connectivity index (χ0n) is 16.7. The van der Waals surface area contributed by atoms with Gasteiger partial charge in [0.15, 0.2) is 0 Å². The maximum Gasteiger partial charge on any atom is 0.243 e. The van der Waals surface area contributed by atoms with E-state index in [2.05, 4.69) is 5.32 Å². The minimum absolute atomic E-state index is 0.0436. The van der Waals surface area contributed by atoms with Crippen molar-refractivity contribution in [3.8, 4) is 0 Å². The van der Waals surface area contributed by atoms with Crippen LogP contribution < -0.4 is 5.32 Å². The van der Waals surface area contributed by atoms with Crippen molar-refractivity contribution in [3.63, 3.8) is 0 Å². The highest BCUT2D eigenvalue weighted by molar-refractivity contribution is 7.89. The number of amides is 2. The number of hydrogen-bond acceptors (Lipinski definition) is 5. The Balaban J connectivity index is 1.59. The van der Waals surface area contributed by atoms with Crippen molar-refractivity contribution in [3.05, 3.63) is 29.3 Å². The second-order valence-corrected chi connectivity index (χ2v) is 10.1. The molecular formula is C19H27ClN4O4S. The minimum Gasteiger partial charge on any atom is -0.353 e. The summed E-state index contributed by atoms with van der Waals surface area (Å²) in [6.45, 7) is 6.40. The van der Waals surface area contributed by atoms with E-state index in [1.807, 2.05) is 18.7 Å². The van der Waals surface area contributed by atoms with Gasteiger partial charge in [-0.05, 0) is 30.2 Å². The number of rotatable bonds is 5. The lowest BCUT2D eigenvalue weighted by molar-refractivity contribution is -0.138. The van der Waals surface area contributed by atoms with Crippen molar-refractivity contribution < 1.29 is 18.0 Å². The zero-order valence-corrected chi connectivity index (χ0v) is 18.2. The zero-order chi connectivity index (χ0) is 21.2. The van der Waals surface area contributed by atoms with Gasteiger partial charge in [-0.2, -0.15) is 4.31 Å². The van der Waals surface area contributed by atoms with Gasteiger partial charge in [0.05, 0.1) is 17.5 Å². The Kier molecular flexibility index (Phi) is 6.83. The summed E-state index contributed by atoms with van der Waals surface area (Å²) in [5.41, 5.74) is 0.